The Labute approximate surface area is 119 Å². The van der Waals surface area contributed by atoms with Gasteiger partial charge in [-0.25, -0.2) is 9.97 Å². The minimum atomic E-state index is 0.228. The molecule has 92 valence electrons. The highest BCUT2D eigenvalue weighted by Gasteiger charge is 2.11. The van der Waals surface area contributed by atoms with Crippen LogP contribution in [0.3, 0.4) is 0 Å². The lowest BCUT2D eigenvalue weighted by atomic mass is 10.1. The third-order valence-electron chi connectivity index (χ3n) is 2.75. The number of benzene rings is 1. The molecular formula is C14H8ClN3S. The van der Waals surface area contributed by atoms with E-state index in [1.807, 2.05) is 31.2 Å². The van der Waals surface area contributed by atoms with Crippen LogP contribution in [0, 0.1) is 18.3 Å². The minimum Gasteiger partial charge on any atom is -0.217 e. The monoisotopic (exact) mass is 285 g/mol. The fourth-order valence-corrected chi connectivity index (χ4v) is 3.07. The highest BCUT2D eigenvalue weighted by Crippen LogP contribution is 2.32. The average molecular weight is 286 g/mol. The Morgan fingerprint density at radius 2 is 2.11 bits per heavy atom. The van der Waals surface area contributed by atoms with Crippen molar-refractivity contribution in [2.45, 2.75) is 6.92 Å². The minimum absolute atomic E-state index is 0.228. The molecule has 19 heavy (non-hydrogen) atoms. The molecule has 0 aliphatic carbocycles. The standard InChI is InChI=1S/C14H8ClN3S/c1-8-5-11-12(17-14(15)18-13(11)19-8)10-4-2-3-9(6-10)7-16/h2-6H,1H3. The summed E-state index contributed by atoms with van der Waals surface area (Å²) in [5.41, 5.74) is 2.26. The highest BCUT2D eigenvalue weighted by molar-refractivity contribution is 7.18. The van der Waals surface area contributed by atoms with Gasteiger partial charge in [-0.15, -0.1) is 11.3 Å². The molecule has 0 unspecified atom stereocenters. The van der Waals surface area contributed by atoms with Gasteiger partial charge >= 0.3 is 0 Å². The summed E-state index contributed by atoms with van der Waals surface area (Å²) >= 11 is 7.56. The first kappa shape index (κ1) is 12.1. The normalized spacial score (nSPS) is 10.6. The van der Waals surface area contributed by atoms with Gasteiger partial charge in [0.1, 0.15) is 4.83 Å². The smallest absolute Gasteiger partial charge is 0.217 e. The van der Waals surface area contributed by atoms with Crippen LogP contribution < -0.4 is 0 Å². The maximum Gasteiger partial charge on any atom is 0.224 e. The van der Waals surface area contributed by atoms with Gasteiger partial charge in [0.2, 0.25) is 5.28 Å². The molecule has 0 atom stereocenters. The number of nitriles is 1. The van der Waals surface area contributed by atoms with Crippen LogP contribution in [0.1, 0.15) is 10.4 Å². The highest BCUT2D eigenvalue weighted by atomic mass is 35.5. The molecule has 3 rings (SSSR count). The van der Waals surface area contributed by atoms with Crippen LogP contribution >= 0.6 is 22.9 Å². The molecule has 0 spiro atoms. The quantitative estimate of drug-likeness (QED) is 0.630. The molecule has 0 aliphatic heterocycles. The molecule has 2 heterocycles. The van der Waals surface area contributed by atoms with E-state index in [1.165, 1.54) is 0 Å². The second kappa shape index (κ2) is 4.61. The van der Waals surface area contributed by atoms with Crippen molar-refractivity contribution in [2.24, 2.45) is 0 Å². The van der Waals surface area contributed by atoms with Gasteiger partial charge in [0.05, 0.1) is 17.3 Å². The fraction of sp³-hybridized carbons (Fsp3) is 0.0714. The van der Waals surface area contributed by atoms with Crippen LogP contribution in [-0.2, 0) is 0 Å². The van der Waals surface area contributed by atoms with Gasteiger partial charge < -0.3 is 0 Å². The van der Waals surface area contributed by atoms with Crippen molar-refractivity contribution in [2.75, 3.05) is 0 Å². The average Bonchev–Trinajstić information content (AvgIpc) is 2.78. The van der Waals surface area contributed by atoms with Crippen molar-refractivity contribution >= 4 is 33.2 Å². The zero-order valence-corrected chi connectivity index (χ0v) is 11.6. The number of rotatable bonds is 1. The SMILES string of the molecule is Cc1cc2c(-c3cccc(C#N)c3)nc(Cl)nc2s1. The first-order chi connectivity index (χ1) is 9.17. The van der Waals surface area contributed by atoms with Gasteiger partial charge in [-0.3, -0.25) is 0 Å². The summed E-state index contributed by atoms with van der Waals surface area (Å²) in [6, 6.07) is 11.5. The van der Waals surface area contributed by atoms with Crippen LogP contribution in [-0.4, -0.2) is 9.97 Å². The molecule has 0 bridgehead atoms. The number of aryl methyl sites for hydroxylation is 1. The topological polar surface area (TPSA) is 49.6 Å². The summed E-state index contributed by atoms with van der Waals surface area (Å²) in [5, 5.41) is 10.2. The lowest BCUT2D eigenvalue weighted by molar-refractivity contribution is 1.24. The Bertz CT molecular complexity index is 817. The van der Waals surface area contributed by atoms with Crippen LogP contribution in [0.4, 0.5) is 0 Å². The molecule has 2 aromatic heterocycles. The Kier molecular flexibility index (Phi) is 2.94. The lowest BCUT2D eigenvalue weighted by Crippen LogP contribution is -1.89. The Morgan fingerprint density at radius 1 is 1.26 bits per heavy atom. The van der Waals surface area contributed by atoms with Crippen LogP contribution in [0.25, 0.3) is 21.5 Å². The van der Waals surface area contributed by atoms with Crippen molar-refractivity contribution in [3.63, 3.8) is 0 Å². The van der Waals surface area contributed by atoms with Crippen LogP contribution in [0.2, 0.25) is 5.28 Å². The van der Waals surface area contributed by atoms with Crippen LogP contribution in [0.15, 0.2) is 30.3 Å². The van der Waals surface area contributed by atoms with Gasteiger partial charge in [0, 0.05) is 15.8 Å². The van der Waals surface area contributed by atoms with E-state index in [-0.39, 0.29) is 5.28 Å². The van der Waals surface area contributed by atoms with E-state index in [0.717, 1.165) is 26.4 Å². The third-order valence-corrected chi connectivity index (χ3v) is 3.87. The fourth-order valence-electron chi connectivity index (χ4n) is 1.97. The van der Waals surface area contributed by atoms with E-state index in [9.17, 15) is 0 Å². The molecule has 3 aromatic rings. The summed E-state index contributed by atoms with van der Waals surface area (Å²) in [7, 11) is 0. The molecule has 0 amide bonds. The van der Waals surface area contributed by atoms with E-state index in [2.05, 4.69) is 16.0 Å². The van der Waals surface area contributed by atoms with E-state index in [0.29, 0.717) is 5.56 Å². The molecule has 5 heteroatoms. The van der Waals surface area contributed by atoms with Crippen molar-refractivity contribution in [1.82, 2.24) is 9.97 Å². The first-order valence-electron chi connectivity index (χ1n) is 5.61. The van der Waals surface area contributed by atoms with Gasteiger partial charge in [-0.1, -0.05) is 12.1 Å². The van der Waals surface area contributed by atoms with E-state index in [1.54, 1.807) is 17.4 Å². The predicted molar refractivity (Wildman–Crippen MR) is 77.3 cm³/mol. The largest absolute Gasteiger partial charge is 0.224 e. The van der Waals surface area contributed by atoms with Crippen molar-refractivity contribution in [1.29, 1.82) is 5.26 Å². The molecule has 0 fully saturated rings. The Morgan fingerprint density at radius 3 is 2.89 bits per heavy atom. The van der Waals surface area contributed by atoms with E-state index >= 15 is 0 Å². The number of hydrogen-bond acceptors (Lipinski definition) is 4. The molecular weight excluding hydrogens is 278 g/mol. The molecule has 0 aliphatic rings. The Balaban J connectivity index is 2.32. The number of thiophene rings is 1. The number of hydrogen-bond donors (Lipinski definition) is 0. The molecule has 3 nitrogen and oxygen atoms in total. The molecule has 0 N–H and O–H groups in total. The number of nitrogens with zero attached hydrogens (tertiary/aromatic N) is 3. The van der Waals surface area contributed by atoms with E-state index in [4.69, 9.17) is 16.9 Å². The third kappa shape index (κ3) is 2.19. The lowest BCUT2D eigenvalue weighted by Gasteiger charge is -2.03. The first-order valence-corrected chi connectivity index (χ1v) is 6.81. The summed E-state index contributed by atoms with van der Waals surface area (Å²) in [5.74, 6) is 0. The maximum absolute atomic E-state index is 8.97. The maximum atomic E-state index is 8.97. The summed E-state index contributed by atoms with van der Waals surface area (Å²) < 4.78 is 0. The van der Waals surface area contributed by atoms with E-state index < -0.39 is 0 Å². The molecule has 0 saturated heterocycles. The zero-order chi connectivity index (χ0) is 13.4. The van der Waals surface area contributed by atoms with Gasteiger partial charge in [-0.2, -0.15) is 5.26 Å². The zero-order valence-electron chi connectivity index (χ0n) is 10.0. The van der Waals surface area contributed by atoms with Gasteiger partial charge in [0.15, 0.2) is 0 Å². The Hall–Kier alpha value is -1.96. The van der Waals surface area contributed by atoms with Crippen molar-refractivity contribution in [3.8, 4) is 17.3 Å². The summed E-state index contributed by atoms with van der Waals surface area (Å²) in [6.07, 6.45) is 0. The molecule has 0 radical (unpaired) electrons. The molecule has 0 saturated carbocycles. The second-order valence-corrected chi connectivity index (χ2v) is 5.68. The van der Waals surface area contributed by atoms with Crippen molar-refractivity contribution in [3.05, 3.63) is 46.1 Å². The number of halogens is 1. The van der Waals surface area contributed by atoms with Crippen molar-refractivity contribution < 1.29 is 0 Å². The predicted octanol–water partition coefficient (Wildman–Crippen LogP) is 4.19. The summed E-state index contributed by atoms with van der Waals surface area (Å²) in [4.78, 5) is 10.6. The van der Waals surface area contributed by atoms with Gasteiger partial charge in [-0.05, 0) is 36.7 Å². The summed E-state index contributed by atoms with van der Waals surface area (Å²) in [6.45, 7) is 2.02. The second-order valence-electron chi connectivity index (χ2n) is 4.11. The number of aromatic nitrogens is 2. The molecule has 1 aromatic carbocycles. The van der Waals surface area contributed by atoms with Crippen LogP contribution in [0.5, 0.6) is 0 Å². The van der Waals surface area contributed by atoms with Gasteiger partial charge in [0.25, 0.3) is 0 Å². The number of fused-ring (bicyclic) bond motifs is 1.